The molecule has 0 bridgehead atoms. The van der Waals surface area contributed by atoms with Crippen LogP contribution in [0.2, 0.25) is 0 Å². The van der Waals surface area contributed by atoms with Crippen molar-refractivity contribution < 1.29 is 23.1 Å². The lowest BCUT2D eigenvalue weighted by molar-refractivity contribution is -0.157. The minimum Gasteiger partial charge on any atom is -0.755 e. The Morgan fingerprint density at radius 1 is 1.12 bits per heavy atom. The van der Waals surface area contributed by atoms with Crippen LogP contribution in [0.1, 0.15) is 11.1 Å². The number of piperazine rings is 1. The van der Waals surface area contributed by atoms with E-state index in [0.717, 1.165) is 21.9 Å². The molecule has 0 radical (unpaired) electrons. The topological polar surface area (TPSA) is 128 Å². The first kappa shape index (κ1) is 28.3. The summed E-state index contributed by atoms with van der Waals surface area (Å²) < 4.78 is 24.3. The summed E-state index contributed by atoms with van der Waals surface area (Å²) in [6, 6.07) is 19.4. The second kappa shape index (κ2) is 12.1. The number of anilines is 1. The minimum atomic E-state index is -2.46. The van der Waals surface area contributed by atoms with Gasteiger partial charge in [0.2, 0.25) is 11.8 Å². The highest BCUT2D eigenvalue weighted by Gasteiger charge is 2.52. The summed E-state index contributed by atoms with van der Waals surface area (Å²) >= 11 is -2.46. The van der Waals surface area contributed by atoms with Crippen LogP contribution in [0.25, 0.3) is 10.8 Å². The fourth-order valence-corrected chi connectivity index (χ4v) is 5.94. The highest BCUT2D eigenvalue weighted by Crippen LogP contribution is 2.31. The Morgan fingerprint density at radius 2 is 1.85 bits per heavy atom. The Bertz CT molecular complexity index is 1490. The number of carbonyl (C=O) groups is 3. The summed E-state index contributed by atoms with van der Waals surface area (Å²) in [7, 11) is 1.52. The SMILES string of the molecule is C=CCN(C(=O)NC)N1CC(=O)N2[C@@H](Cc3ccc(NS(=O)[O-])cc3)C(=O)N(Cc3cccc4ccccc34)C[C@@H]21. The van der Waals surface area contributed by atoms with E-state index in [0.29, 0.717) is 12.2 Å². The minimum absolute atomic E-state index is 0.0595. The van der Waals surface area contributed by atoms with Crippen LogP contribution in [0.4, 0.5) is 10.5 Å². The summed E-state index contributed by atoms with van der Waals surface area (Å²) in [5, 5.41) is 7.88. The lowest BCUT2D eigenvalue weighted by Crippen LogP contribution is -2.65. The Hall–Kier alpha value is -4.26. The molecule has 41 heavy (non-hydrogen) atoms. The molecule has 0 aromatic heterocycles. The smallest absolute Gasteiger partial charge is 0.332 e. The van der Waals surface area contributed by atoms with Crippen molar-refractivity contribution in [1.29, 1.82) is 0 Å². The number of nitrogens with one attached hydrogen (secondary N) is 2. The van der Waals surface area contributed by atoms with E-state index in [-0.39, 0.29) is 43.9 Å². The normalized spacial score (nSPS) is 19.7. The summed E-state index contributed by atoms with van der Waals surface area (Å²) in [5.74, 6) is -0.446. The monoisotopic (exact) mass is 575 g/mol. The van der Waals surface area contributed by atoms with E-state index in [1.54, 1.807) is 45.2 Å². The number of hydrogen-bond acceptors (Lipinski definition) is 6. The molecule has 2 aliphatic heterocycles. The zero-order valence-corrected chi connectivity index (χ0v) is 23.4. The highest BCUT2D eigenvalue weighted by molar-refractivity contribution is 7.80. The Balaban J connectivity index is 1.50. The first-order valence-electron chi connectivity index (χ1n) is 13.2. The van der Waals surface area contributed by atoms with E-state index in [9.17, 15) is 23.1 Å². The molecule has 0 aliphatic carbocycles. The second-order valence-corrected chi connectivity index (χ2v) is 10.6. The average Bonchev–Trinajstić information content (AvgIpc) is 3.29. The predicted molar refractivity (Wildman–Crippen MR) is 155 cm³/mol. The van der Waals surface area contributed by atoms with Crippen molar-refractivity contribution in [3.8, 4) is 0 Å². The van der Waals surface area contributed by atoms with Crippen molar-refractivity contribution in [2.75, 3.05) is 31.4 Å². The molecule has 2 N–H and O–H groups in total. The highest BCUT2D eigenvalue weighted by atomic mass is 32.2. The molecule has 2 saturated heterocycles. The maximum absolute atomic E-state index is 14.1. The third-order valence-corrected chi connectivity index (χ3v) is 7.85. The van der Waals surface area contributed by atoms with Crippen LogP contribution in [0.5, 0.6) is 0 Å². The molecule has 4 amide bonds. The number of carbonyl (C=O) groups excluding carboxylic acids is 3. The molecule has 2 aliphatic rings. The van der Waals surface area contributed by atoms with Crippen LogP contribution < -0.4 is 10.0 Å². The fourth-order valence-electron chi connectivity index (χ4n) is 5.61. The van der Waals surface area contributed by atoms with Gasteiger partial charge >= 0.3 is 6.03 Å². The van der Waals surface area contributed by atoms with Gasteiger partial charge in [-0.25, -0.2) is 4.79 Å². The van der Waals surface area contributed by atoms with E-state index in [4.69, 9.17) is 0 Å². The molecule has 2 heterocycles. The van der Waals surface area contributed by atoms with Crippen LogP contribution in [0.15, 0.2) is 79.4 Å². The molecule has 12 heteroatoms. The van der Waals surface area contributed by atoms with Gasteiger partial charge in [-0.05, 0) is 34.0 Å². The van der Waals surface area contributed by atoms with Crippen LogP contribution in [-0.2, 0) is 33.8 Å². The summed E-state index contributed by atoms with van der Waals surface area (Å²) in [5.41, 5.74) is 2.13. The van der Waals surface area contributed by atoms with Gasteiger partial charge in [0.1, 0.15) is 12.2 Å². The second-order valence-electron chi connectivity index (χ2n) is 9.92. The average molecular weight is 576 g/mol. The molecule has 11 nitrogen and oxygen atoms in total. The van der Waals surface area contributed by atoms with E-state index in [1.807, 2.05) is 42.5 Å². The molecule has 2 fully saturated rings. The number of hydrazine groups is 1. The quantitative estimate of drug-likeness (QED) is 0.298. The van der Waals surface area contributed by atoms with Gasteiger partial charge in [-0.1, -0.05) is 60.7 Å². The first-order valence-corrected chi connectivity index (χ1v) is 14.3. The standard InChI is InChI=1S/C29H32N6O5S/c1-3-15-33(29(38)30-2)34-19-27(36)35-25(16-20-11-13-23(14-12-20)31-41(39)40)28(37)32(18-26(34)35)17-22-9-6-8-21-7-4-5-10-24(21)22/h3-14,25-26,31H,1,15-19H2,2H3,(H,30,38)(H,39,40)/p-1/t25-,26+/m0/s1. The van der Waals surface area contributed by atoms with Crippen LogP contribution >= 0.6 is 0 Å². The Labute approximate surface area is 240 Å². The van der Waals surface area contributed by atoms with Crippen LogP contribution in [0, 0.1) is 0 Å². The Morgan fingerprint density at radius 3 is 2.56 bits per heavy atom. The van der Waals surface area contributed by atoms with Crippen molar-refractivity contribution in [2.45, 2.75) is 25.2 Å². The van der Waals surface area contributed by atoms with Crippen LogP contribution in [-0.4, -0.2) is 85.3 Å². The summed E-state index contributed by atoms with van der Waals surface area (Å²) in [6.07, 6.45) is 1.25. The molecule has 5 rings (SSSR count). The summed E-state index contributed by atoms with van der Waals surface area (Å²) in [6.45, 7) is 4.45. The van der Waals surface area contributed by atoms with Crippen molar-refractivity contribution in [3.63, 3.8) is 0 Å². The van der Waals surface area contributed by atoms with Gasteiger partial charge in [0.15, 0.2) is 0 Å². The van der Waals surface area contributed by atoms with Crippen LogP contribution in [0.3, 0.4) is 0 Å². The maximum Gasteiger partial charge on any atom is 0.332 e. The zero-order valence-electron chi connectivity index (χ0n) is 22.6. The molecule has 3 aromatic carbocycles. The van der Waals surface area contributed by atoms with Crippen molar-refractivity contribution in [3.05, 3.63) is 90.5 Å². The molecule has 0 spiro atoms. The van der Waals surface area contributed by atoms with Crippen molar-refractivity contribution in [2.24, 2.45) is 0 Å². The van der Waals surface area contributed by atoms with Crippen molar-refractivity contribution >= 4 is 45.6 Å². The predicted octanol–water partition coefficient (Wildman–Crippen LogP) is 2.21. The number of rotatable bonds is 9. The lowest BCUT2D eigenvalue weighted by atomic mass is 9.99. The largest absolute Gasteiger partial charge is 0.755 e. The molecule has 1 unspecified atom stereocenters. The maximum atomic E-state index is 14.1. The van der Waals surface area contributed by atoms with Gasteiger partial charge in [-0.3, -0.25) is 18.8 Å². The van der Waals surface area contributed by atoms with Gasteiger partial charge < -0.3 is 24.4 Å². The number of fused-ring (bicyclic) bond motifs is 2. The number of amides is 4. The molecular weight excluding hydrogens is 544 g/mol. The van der Waals surface area contributed by atoms with Gasteiger partial charge in [-0.2, -0.15) is 5.01 Å². The van der Waals surface area contributed by atoms with E-state index in [2.05, 4.69) is 16.6 Å². The van der Waals surface area contributed by atoms with Crippen molar-refractivity contribution in [1.82, 2.24) is 25.1 Å². The zero-order chi connectivity index (χ0) is 29.1. The third kappa shape index (κ3) is 5.80. The number of benzene rings is 3. The summed E-state index contributed by atoms with van der Waals surface area (Å²) in [4.78, 5) is 43.7. The molecule has 3 atom stereocenters. The molecule has 214 valence electrons. The third-order valence-electron chi connectivity index (χ3n) is 7.45. The number of nitrogens with zero attached hydrogens (tertiary/aromatic N) is 4. The van der Waals surface area contributed by atoms with Gasteiger partial charge in [0.25, 0.3) is 0 Å². The van der Waals surface area contributed by atoms with E-state index in [1.165, 1.54) is 12.1 Å². The number of urea groups is 1. The van der Waals surface area contributed by atoms with E-state index < -0.39 is 23.5 Å². The molecular formula is C29H31N6O5S-. The number of hydrogen-bond donors (Lipinski definition) is 2. The van der Waals surface area contributed by atoms with Gasteiger partial charge in [-0.15, -0.1) is 6.58 Å². The first-order chi connectivity index (χ1) is 19.8. The van der Waals surface area contributed by atoms with Gasteiger partial charge in [0, 0.05) is 37.0 Å². The van der Waals surface area contributed by atoms with E-state index >= 15 is 0 Å². The fraction of sp³-hybridized carbons (Fsp3) is 0.276. The van der Waals surface area contributed by atoms with Gasteiger partial charge in [0.05, 0.1) is 19.6 Å². The Kier molecular flexibility index (Phi) is 8.34. The lowest BCUT2D eigenvalue weighted by Gasteiger charge is -2.46. The molecule has 3 aromatic rings. The molecule has 0 saturated carbocycles.